The monoisotopic (exact) mass is 439 g/mol. The van der Waals surface area contributed by atoms with Crippen LogP contribution in [-0.4, -0.2) is 54.7 Å². The molecule has 0 aliphatic carbocycles. The predicted molar refractivity (Wildman–Crippen MR) is 128 cm³/mol. The van der Waals surface area contributed by atoms with E-state index in [1.807, 2.05) is 77.2 Å². The summed E-state index contributed by atoms with van der Waals surface area (Å²) in [6.07, 6.45) is 2.29. The second kappa shape index (κ2) is 10.4. The Morgan fingerprint density at radius 3 is 2.45 bits per heavy atom. The van der Waals surface area contributed by atoms with Crippen LogP contribution in [0.5, 0.6) is 0 Å². The zero-order chi connectivity index (χ0) is 23.0. The molecule has 166 valence electrons. The number of morpholine rings is 1. The molecule has 2 aromatic carbocycles. The van der Waals surface area contributed by atoms with Gasteiger partial charge in [-0.25, -0.2) is 0 Å². The molecule has 1 aliphatic heterocycles. The predicted octanol–water partition coefficient (Wildman–Crippen LogP) is 3.52. The summed E-state index contributed by atoms with van der Waals surface area (Å²) < 4.78 is 7.42. The zero-order valence-electron chi connectivity index (χ0n) is 18.6. The molecule has 3 aromatic rings. The molecule has 1 saturated heterocycles. The Morgan fingerprint density at radius 1 is 1.06 bits per heavy atom. The first-order chi connectivity index (χ1) is 16.2. The quantitative estimate of drug-likeness (QED) is 0.520. The summed E-state index contributed by atoms with van der Waals surface area (Å²) >= 11 is 0. The Labute approximate surface area is 193 Å². The summed E-state index contributed by atoms with van der Waals surface area (Å²) in [5, 5.41) is 27.7. The Balaban J connectivity index is 1.69. The number of nitrogens with zero attached hydrogens (tertiary/aromatic N) is 7. The highest BCUT2D eigenvalue weighted by Crippen LogP contribution is 2.26. The normalized spacial score (nSPS) is 13.9. The van der Waals surface area contributed by atoms with Gasteiger partial charge in [0.25, 0.3) is 0 Å². The van der Waals surface area contributed by atoms with Gasteiger partial charge in [-0.2, -0.15) is 10.5 Å². The summed E-state index contributed by atoms with van der Waals surface area (Å²) in [6.45, 7) is 3.37. The minimum Gasteiger partial charge on any atom is -0.378 e. The van der Waals surface area contributed by atoms with E-state index in [1.54, 1.807) is 0 Å². The molecule has 1 aromatic heterocycles. The number of para-hydroxylation sites is 1. The van der Waals surface area contributed by atoms with Crippen molar-refractivity contribution in [2.75, 3.05) is 49.7 Å². The summed E-state index contributed by atoms with van der Waals surface area (Å²) in [5.41, 5.74) is 3.23. The van der Waals surface area contributed by atoms with Gasteiger partial charge in [0.2, 0.25) is 5.95 Å². The molecule has 4 rings (SSSR count). The SMILES string of the molecule is CN(CCC#N)c1ccc(C=C(C#N)c2nnc(N3CCOCC3)n2-c2ccccc2)cc1. The molecular weight excluding hydrogens is 414 g/mol. The number of aromatic nitrogens is 3. The van der Waals surface area contributed by atoms with Crippen LogP contribution in [-0.2, 0) is 4.74 Å². The molecule has 2 heterocycles. The third kappa shape index (κ3) is 5.03. The van der Waals surface area contributed by atoms with Gasteiger partial charge in [0, 0.05) is 32.4 Å². The Bertz CT molecular complexity index is 1180. The Morgan fingerprint density at radius 2 is 1.79 bits per heavy atom. The van der Waals surface area contributed by atoms with Crippen LogP contribution < -0.4 is 9.80 Å². The van der Waals surface area contributed by atoms with Gasteiger partial charge in [-0.05, 0) is 35.9 Å². The van der Waals surface area contributed by atoms with Gasteiger partial charge in [-0.1, -0.05) is 30.3 Å². The van der Waals surface area contributed by atoms with E-state index >= 15 is 0 Å². The molecular formula is C25H25N7O. The van der Waals surface area contributed by atoms with Crippen molar-refractivity contribution in [3.05, 3.63) is 66.0 Å². The maximum Gasteiger partial charge on any atom is 0.232 e. The second-order valence-electron chi connectivity index (χ2n) is 7.69. The van der Waals surface area contributed by atoms with Crippen molar-refractivity contribution < 1.29 is 4.74 Å². The average molecular weight is 440 g/mol. The fraction of sp³-hybridized carbons (Fsp3) is 0.280. The molecule has 33 heavy (non-hydrogen) atoms. The van der Waals surface area contributed by atoms with E-state index in [0.717, 1.165) is 30.0 Å². The molecule has 0 atom stereocenters. The Kier molecular flexibility index (Phi) is 6.99. The second-order valence-corrected chi connectivity index (χ2v) is 7.69. The van der Waals surface area contributed by atoms with Crippen LogP contribution in [0.15, 0.2) is 54.6 Å². The lowest BCUT2D eigenvalue weighted by Gasteiger charge is -2.28. The summed E-state index contributed by atoms with van der Waals surface area (Å²) in [5.74, 6) is 1.20. The van der Waals surface area contributed by atoms with Crippen molar-refractivity contribution in [1.29, 1.82) is 10.5 Å². The number of allylic oxidation sites excluding steroid dienone is 1. The molecule has 1 aliphatic rings. The number of anilines is 2. The molecule has 0 saturated carbocycles. The van der Waals surface area contributed by atoms with Crippen molar-refractivity contribution in [2.45, 2.75) is 6.42 Å². The molecule has 1 fully saturated rings. The minimum atomic E-state index is 0.427. The highest BCUT2D eigenvalue weighted by Gasteiger charge is 2.23. The van der Waals surface area contributed by atoms with Gasteiger partial charge in [-0.15, -0.1) is 10.2 Å². The zero-order valence-corrected chi connectivity index (χ0v) is 18.6. The van der Waals surface area contributed by atoms with Crippen molar-refractivity contribution in [3.63, 3.8) is 0 Å². The third-order valence-electron chi connectivity index (χ3n) is 5.52. The van der Waals surface area contributed by atoms with Crippen molar-refractivity contribution in [3.8, 4) is 17.8 Å². The molecule has 0 radical (unpaired) electrons. The molecule has 8 heteroatoms. The largest absolute Gasteiger partial charge is 0.378 e. The molecule has 0 spiro atoms. The van der Waals surface area contributed by atoms with Crippen LogP contribution in [0.1, 0.15) is 17.8 Å². The average Bonchev–Trinajstić information content (AvgIpc) is 3.32. The minimum absolute atomic E-state index is 0.427. The maximum atomic E-state index is 10.00. The lowest BCUT2D eigenvalue weighted by molar-refractivity contribution is 0.122. The fourth-order valence-electron chi connectivity index (χ4n) is 3.72. The van der Waals surface area contributed by atoms with Crippen molar-refractivity contribution in [1.82, 2.24) is 14.8 Å². The first kappa shape index (κ1) is 22.1. The van der Waals surface area contributed by atoms with Gasteiger partial charge in [-0.3, -0.25) is 4.57 Å². The lowest BCUT2D eigenvalue weighted by atomic mass is 10.1. The molecule has 0 bridgehead atoms. The van der Waals surface area contributed by atoms with Gasteiger partial charge >= 0.3 is 0 Å². The molecule has 0 N–H and O–H groups in total. The molecule has 0 amide bonds. The topological polar surface area (TPSA) is 94.0 Å². The number of nitriles is 2. The summed E-state index contributed by atoms with van der Waals surface area (Å²) in [6, 6.07) is 22.2. The van der Waals surface area contributed by atoms with E-state index < -0.39 is 0 Å². The molecule has 0 unspecified atom stereocenters. The number of rotatable bonds is 7. The third-order valence-corrected chi connectivity index (χ3v) is 5.52. The Hall–Kier alpha value is -4.14. The fourth-order valence-corrected chi connectivity index (χ4v) is 3.72. The first-order valence-electron chi connectivity index (χ1n) is 10.8. The van der Waals surface area contributed by atoms with E-state index in [-0.39, 0.29) is 0 Å². The van der Waals surface area contributed by atoms with Crippen LogP contribution in [0.25, 0.3) is 17.3 Å². The van der Waals surface area contributed by atoms with Crippen molar-refractivity contribution in [2.24, 2.45) is 0 Å². The summed E-state index contributed by atoms with van der Waals surface area (Å²) in [4.78, 5) is 4.16. The van der Waals surface area contributed by atoms with E-state index in [9.17, 15) is 5.26 Å². The van der Waals surface area contributed by atoms with Crippen LogP contribution in [0.4, 0.5) is 11.6 Å². The van der Waals surface area contributed by atoms with Crippen LogP contribution >= 0.6 is 0 Å². The lowest BCUT2D eigenvalue weighted by Crippen LogP contribution is -2.38. The highest BCUT2D eigenvalue weighted by molar-refractivity contribution is 5.88. The van der Waals surface area contributed by atoms with Crippen LogP contribution in [0.3, 0.4) is 0 Å². The summed E-state index contributed by atoms with van der Waals surface area (Å²) in [7, 11) is 1.96. The first-order valence-corrected chi connectivity index (χ1v) is 10.8. The van der Waals surface area contributed by atoms with E-state index in [4.69, 9.17) is 10.00 Å². The van der Waals surface area contributed by atoms with E-state index in [1.165, 1.54) is 0 Å². The standard InChI is InChI=1S/C25H25N7O/c1-30(13-5-12-26)22-10-8-20(9-11-22)18-21(19-27)24-28-29-25(31-14-16-33-17-15-31)32(24)23-6-3-2-4-7-23/h2-4,6-11,18H,5,13-17H2,1H3. The van der Waals surface area contributed by atoms with Crippen LogP contribution in [0, 0.1) is 22.7 Å². The van der Waals surface area contributed by atoms with E-state index in [2.05, 4.69) is 27.2 Å². The molecule has 8 nitrogen and oxygen atoms in total. The van der Waals surface area contributed by atoms with Crippen LogP contribution in [0.2, 0.25) is 0 Å². The smallest absolute Gasteiger partial charge is 0.232 e. The van der Waals surface area contributed by atoms with Gasteiger partial charge < -0.3 is 14.5 Å². The van der Waals surface area contributed by atoms with Crippen molar-refractivity contribution >= 4 is 23.3 Å². The highest BCUT2D eigenvalue weighted by atomic mass is 16.5. The van der Waals surface area contributed by atoms with Gasteiger partial charge in [0.15, 0.2) is 5.82 Å². The maximum absolute atomic E-state index is 10.00. The van der Waals surface area contributed by atoms with E-state index in [0.29, 0.717) is 43.5 Å². The number of hydrogen-bond acceptors (Lipinski definition) is 7. The number of ether oxygens (including phenoxy) is 1. The van der Waals surface area contributed by atoms with Gasteiger partial charge in [0.05, 0.1) is 37.0 Å². The number of benzene rings is 2. The van der Waals surface area contributed by atoms with Gasteiger partial charge in [0.1, 0.15) is 6.07 Å². The number of hydrogen-bond donors (Lipinski definition) is 0.